The Balaban J connectivity index is 2.50. The fourth-order valence-corrected chi connectivity index (χ4v) is 1.71. The Kier molecular flexibility index (Phi) is 3.29. The molecule has 2 atom stereocenters. The van der Waals surface area contributed by atoms with E-state index in [-0.39, 0.29) is 0 Å². The fourth-order valence-electron chi connectivity index (χ4n) is 1.71. The van der Waals surface area contributed by atoms with Gasteiger partial charge in [-0.25, -0.2) is 0 Å². The van der Waals surface area contributed by atoms with Crippen LogP contribution in [0.1, 0.15) is 20.8 Å². The maximum absolute atomic E-state index is 3.82. The van der Waals surface area contributed by atoms with Crippen molar-refractivity contribution in [2.45, 2.75) is 38.9 Å². The molecule has 1 fully saturated rings. The van der Waals surface area contributed by atoms with Crippen molar-refractivity contribution >= 4 is 0 Å². The topological polar surface area (TPSA) is 15.3 Å². The lowest BCUT2D eigenvalue weighted by molar-refractivity contribution is 0.148. The van der Waals surface area contributed by atoms with E-state index in [1.165, 1.54) is 0 Å². The Morgan fingerprint density at radius 1 is 1.50 bits per heavy atom. The monoisotopic (exact) mass is 168 g/mol. The van der Waals surface area contributed by atoms with Crippen molar-refractivity contribution in [2.24, 2.45) is 0 Å². The van der Waals surface area contributed by atoms with Gasteiger partial charge in [-0.3, -0.25) is 4.90 Å². The first-order valence-corrected chi connectivity index (χ1v) is 4.76. The van der Waals surface area contributed by atoms with Crippen LogP contribution < -0.4 is 5.32 Å². The van der Waals surface area contributed by atoms with Crippen molar-refractivity contribution in [3.05, 3.63) is 12.7 Å². The number of hydrogen-bond donors (Lipinski definition) is 1. The highest BCUT2D eigenvalue weighted by molar-refractivity contribution is 4.94. The Morgan fingerprint density at radius 2 is 2.17 bits per heavy atom. The highest BCUT2D eigenvalue weighted by atomic mass is 15.2. The van der Waals surface area contributed by atoms with Crippen LogP contribution >= 0.6 is 0 Å². The number of rotatable bonds is 2. The summed E-state index contributed by atoms with van der Waals surface area (Å²) in [5, 5.41) is 3.49. The third-order valence-electron chi connectivity index (χ3n) is 2.45. The van der Waals surface area contributed by atoms with Crippen LogP contribution in [0.15, 0.2) is 12.7 Å². The molecule has 1 aliphatic heterocycles. The van der Waals surface area contributed by atoms with Crippen molar-refractivity contribution in [1.82, 2.24) is 10.2 Å². The van der Waals surface area contributed by atoms with Gasteiger partial charge in [-0.1, -0.05) is 6.08 Å². The Labute approximate surface area is 75.6 Å². The van der Waals surface area contributed by atoms with Crippen LogP contribution in [0.5, 0.6) is 0 Å². The van der Waals surface area contributed by atoms with Crippen molar-refractivity contribution in [2.75, 3.05) is 13.1 Å². The predicted octanol–water partition coefficient (Wildman–Crippen LogP) is 1.24. The summed E-state index contributed by atoms with van der Waals surface area (Å²) in [5.74, 6) is 0. The smallest absolute Gasteiger partial charge is 0.0378 e. The highest BCUT2D eigenvalue weighted by Crippen LogP contribution is 2.08. The van der Waals surface area contributed by atoms with E-state index < -0.39 is 0 Å². The second-order valence-electron chi connectivity index (χ2n) is 3.96. The third-order valence-corrected chi connectivity index (χ3v) is 2.45. The molecule has 0 unspecified atom stereocenters. The Morgan fingerprint density at radius 3 is 2.67 bits per heavy atom. The molecule has 1 N–H and O–H groups in total. The molecule has 0 aromatic carbocycles. The first kappa shape index (κ1) is 9.75. The summed E-state index contributed by atoms with van der Waals surface area (Å²) in [7, 11) is 0. The van der Waals surface area contributed by atoms with Gasteiger partial charge < -0.3 is 5.32 Å². The second kappa shape index (κ2) is 4.06. The Hall–Kier alpha value is -0.340. The zero-order chi connectivity index (χ0) is 9.14. The van der Waals surface area contributed by atoms with Crippen molar-refractivity contribution in [1.29, 1.82) is 0 Å². The van der Waals surface area contributed by atoms with Gasteiger partial charge in [0.2, 0.25) is 0 Å². The van der Waals surface area contributed by atoms with Gasteiger partial charge in [0.25, 0.3) is 0 Å². The van der Waals surface area contributed by atoms with Gasteiger partial charge in [0, 0.05) is 31.2 Å². The summed E-state index contributed by atoms with van der Waals surface area (Å²) in [5.41, 5.74) is 0. The normalized spacial score (nSPS) is 32.3. The molecule has 70 valence electrons. The maximum atomic E-state index is 3.82. The lowest BCUT2D eigenvalue weighted by atomic mass is 10.1. The summed E-state index contributed by atoms with van der Waals surface area (Å²) < 4.78 is 0. The number of nitrogens with zero attached hydrogens (tertiary/aromatic N) is 1. The molecule has 12 heavy (non-hydrogen) atoms. The van der Waals surface area contributed by atoms with E-state index >= 15 is 0 Å². The minimum absolute atomic E-state index is 0.469. The van der Waals surface area contributed by atoms with Crippen LogP contribution in [0.25, 0.3) is 0 Å². The number of hydrogen-bond acceptors (Lipinski definition) is 2. The molecular weight excluding hydrogens is 148 g/mol. The molecule has 1 rings (SSSR count). The molecule has 1 saturated heterocycles. The van der Waals surface area contributed by atoms with Gasteiger partial charge in [0.1, 0.15) is 0 Å². The van der Waals surface area contributed by atoms with Gasteiger partial charge in [-0.2, -0.15) is 0 Å². The number of nitrogens with one attached hydrogen (secondary N) is 1. The van der Waals surface area contributed by atoms with E-state index in [9.17, 15) is 0 Å². The van der Waals surface area contributed by atoms with Crippen LogP contribution in [0.4, 0.5) is 0 Å². The van der Waals surface area contributed by atoms with E-state index in [0.29, 0.717) is 18.1 Å². The molecular formula is C10H20N2. The van der Waals surface area contributed by atoms with Gasteiger partial charge in [-0.15, -0.1) is 6.58 Å². The number of piperazine rings is 1. The molecule has 0 bridgehead atoms. The summed E-state index contributed by atoms with van der Waals surface area (Å²) >= 11 is 0. The molecule has 2 nitrogen and oxygen atoms in total. The molecule has 0 radical (unpaired) electrons. The lowest BCUT2D eigenvalue weighted by Gasteiger charge is -2.38. The van der Waals surface area contributed by atoms with Crippen molar-refractivity contribution in [3.8, 4) is 0 Å². The first-order chi connectivity index (χ1) is 5.63. The van der Waals surface area contributed by atoms with Crippen molar-refractivity contribution in [3.63, 3.8) is 0 Å². The van der Waals surface area contributed by atoms with Crippen LogP contribution in [0.3, 0.4) is 0 Å². The largest absolute Gasteiger partial charge is 0.306 e. The van der Waals surface area contributed by atoms with E-state index in [1.807, 2.05) is 6.08 Å². The zero-order valence-corrected chi connectivity index (χ0v) is 8.38. The van der Waals surface area contributed by atoms with Crippen LogP contribution in [-0.4, -0.2) is 36.1 Å². The molecule has 0 spiro atoms. The summed E-state index contributed by atoms with van der Waals surface area (Å²) in [6, 6.07) is 1.71. The maximum Gasteiger partial charge on any atom is 0.0378 e. The SMILES string of the molecule is C=C[C@@H]1CN(C(C)C)C[C@@H](C)N1. The quantitative estimate of drug-likeness (QED) is 0.624. The van der Waals surface area contributed by atoms with E-state index in [0.717, 1.165) is 13.1 Å². The molecule has 2 heteroatoms. The summed E-state index contributed by atoms with van der Waals surface area (Å²) in [6.07, 6.45) is 2.00. The minimum Gasteiger partial charge on any atom is -0.306 e. The highest BCUT2D eigenvalue weighted by Gasteiger charge is 2.22. The Bertz CT molecular complexity index is 154. The molecule has 0 aliphatic carbocycles. The van der Waals surface area contributed by atoms with Gasteiger partial charge in [0.05, 0.1) is 0 Å². The molecule has 1 heterocycles. The first-order valence-electron chi connectivity index (χ1n) is 4.76. The molecule has 1 aliphatic rings. The van der Waals surface area contributed by atoms with Crippen LogP contribution in [0, 0.1) is 0 Å². The van der Waals surface area contributed by atoms with E-state index in [1.54, 1.807) is 0 Å². The molecule has 0 saturated carbocycles. The zero-order valence-electron chi connectivity index (χ0n) is 8.38. The molecule has 0 aromatic heterocycles. The summed E-state index contributed by atoms with van der Waals surface area (Å²) in [6.45, 7) is 12.8. The van der Waals surface area contributed by atoms with Gasteiger partial charge in [0.15, 0.2) is 0 Å². The van der Waals surface area contributed by atoms with E-state index in [4.69, 9.17) is 0 Å². The standard InChI is InChI=1S/C10H20N2/c1-5-10-7-12(8(2)3)6-9(4)11-10/h5,8-11H,1,6-7H2,2-4H3/t9-,10-/m1/s1. The second-order valence-corrected chi connectivity index (χ2v) is 3.96. The van der Waals surface area contributed by atoms with Crippen LogP contribution in [-0.2, 0) is 0 Å². The van der Waals surface area contributed by atoms with E-state index in [2.05, 4.69) is 37.6 Å². The lowest BCUT2D eigenvalue weighted by Crippen LogP contribution is -2.56. The van der Waals surface area contributed by atoms with Gasteiger partial charge >= 0.3 is 0 Å². The average molecular weight is 168 g/mol. The van der Waals surface area contributed by atoms with Gasteiger partial charge in [-0.05, 0) is 20.8 Å². The average Bonchev–Trinajstić information content (AvgIpc) is 2.03. The predicted molar refractivity (Wildman–Crippen MR) is 53.3 cm³/mol. The van der Waals surface area contributed by atoms with Crippen molar-refractivity contribution < 1.29 is 0 Å². The minimum atomic E-state index is 0.469. The molecule has 0 aromatic rings. The van der Waals surface area contributed by atoms with Crippen LogP contribution in [0.2, 0.25) is 0 Å². The molecule has 0 amide bonds. The fraction of sp³-hybridized carbons (Fsp3) is 0.800. The third kappa shape index (κ3) is 2.32. The summed E-state index contributed by atoms with van der Waals surface area (Å²) in [4.78, 5) is 2.49.